The molecule has 4 aromatic rings. The summed E-state index contributed by atoms with van der Waals surface area (Å²) in [6.07, 6.45) is 1.47. The zero-order valence-electron chi connectivity index (χ0n) is 19.1. The molecule has 0 atom stereocenters. The van der Waals surface area contributed by atoms with Crippen molar-refractivity contribution in [3.8, 4) is 0 Å². The zero-order valence-corrected chi connectivity index (χ0v) is 19.1. The molecular formula is C31H28O3. The second-order valence-electron chi connectivity index (χ2n) is 8.23. The first-order valence-electron chi connectivity index (χ1n) is 11.2. The minimum Gasteiger partial charge on any atom is -0.466 e. The molecule has 0 saturated heterocycles. The highest BCUT2D eigenvalue weighted by atomic mass is 16.5. The second kappa shape index (κ2) is 9.92. The van der Waals surface area contributed by atoms with Crippen LogP contribution in [-0.4, -0.2) is 10.2 Å². The normalized spacial score (nSPS) is 12.3. The van der Waals surface area contributed by atoms with Crippen molar-refractivity contribution in [2.45, 2.75) is 18.1 Å². The van der Waals surface area contributed by atoms with Gasteiger partial charge in [-0.2, -0.15) is 0 Å². The Kier molecular flexibility index (Phi) is 6.78. The smallest absolute Gasteiger partial charge is 0.172 e. The van der Waals surface area contributed by atoms with Gasteiger partial charge in [0.15, 0.2) is 5.60 Å². The number of ether oxygens (including phenoxy) is 1. The number of aliphatic hydroxyl groups is 2. The van der Waals surface area contributed by atoms with Gasteiger partial charge in [0.05, 0.1) is 6.26 Å². The van der Waals surface area contributed by atoms with Crippen LogP contribution < -0.4 is 0 Å². The average Bonchev–Trinajstić information content (AvgIpc) is 2.92. The number of benzene rings is 4. The summed E-state index contributed by atoms with van der Waals surface area (Å²) in [5, 5.41) is 23.8. The van der Waals surface area contributed by atoms with Gasteiger partial charge in [-0.15, -0.1) is 0 Å². The lowest BCUT2D eigenvalue weighted by Gasteiger charge is -2.32. The molecule has 0 aliphatic rings. The Morgan fingerprint density at radius 1 is 0.588 bits per heavy atom. The van der Waals surface area contributed by atoms with E-state index in [1.807, 2.05) is 121 Å². The number of rotatable bonds is 8. The molecule has 4 aromatic carbocycles. The molecule has 0 aromatic heterocycles. The molecule has 3 nitrogen and oxygen atoms in total. The van der Waals surface area contributed by atoms with Crippen LogP contribution in [0.15, 0.2) is 146 Å². The Morgan fingerprint density at radius 2 is 0.882 bits per heavy atom. The van der Waals surface area contributed by atoms with Crippen molar-refractivity contribution in [3.63, 3.8) is 0 Å². The molecule has 4 rings (SSSR count). The second-order valence-corrected chi connectivity index (χ2v) is 8.23. The Hall–Kier alpha value is -3.92. The van der Waals surface area contributed by atoms with Gasteiger partial charge in [0.1, 0.15) is 11.4 Å². The predicted molar refractivity (Wildman–Crippen MR) is 136 cm³/mol. The van der Waals surface area contributed by atoms with E-state index in [9.17, 15) is 10.2 Å². The third-order valence-electron chi connectivity index (χ3n) is 6.12. The van der Waals surface area contributed by atoms with Crippen LogP contribution in [0.5, 0.6) is 0 Å². The largest absolute Gasteiger partial charge is 0.466 e. The molecule has 0 amide bonds. The summed E-state index contributed by atoms with van der Waals surface area (Å²) in [5.74, 6) is 0.132. The van der Waals surface area contributed by atoms with Crippen molar-refractivity contribution >= 4 is 0 Å². The maximum atomic E-state index is 11.9. The maximum Gasteiger partial charge on any atom is 0.172 e. The number of hydrogen-bond donors (Lipinski definition) is 2. The molecule has 0 bridgehead atoms. The molecule has 0 aliphatic carbocycles. The molecule has 0 spiro atoms. The summed E-state index contributed by atoms with van der Waals surface area (Å²) in [4.78, 5) is 0. The van der Waals surface area contributed by atoms with E-state index in [0.717, 1.165) is 0 Å². The lowest BCUT2D eigenvalue weighted by molar-refractivity contribution is 0.0627. The molecule has 0 heterocycles. The highest BCUT2D eigenvalue weighted by molar-refractivity contribution is 5.45. The van der Waals surface area contributed by atoms with Crippen LogP contribution in [0.4, 0.5) is 0 Å². The van der Waals surface area contributed by atoms with Crippen LogP contribution >= 0.6 is 0 Å². The van der Waals surface area contributed by atoms with E-state index < -0.39 is 11.2 Å². The van der Waals surface area contributed by atoms with Gasteiger partial charge in [0.25, 0.3) is 0 Å². The molecule has 0 saturated carbocycles. The maximum absolute atomic E-state index is 11.9. The Labute approximate surface area is 200 Å². The first kappa shape index (κ1) is 23.2. The minimum atomic E-state index is -1.57. The highest BCUT2D eigenvalue weighted by Crippen LogP contribution is 2.39. The van der Waals surface area contributed by atoms with E-state index in [-0.39, 0.29) is 5.76 Å². The summed E-state index contributed by atoms with van der Waals surface area (Å²) in [6.45, 7) is 5.88. The molecule has 170 valence electrons. The van der Waals surface area contributed by atoms with Gasteiger partial charge in [-0.25, -0.2) is 0 Å². The summed E-state index contributed by atoms with van der Waals surface area (Å²) < 4.78 is 6.00. The SMILES string of the molecule is C=C(O/C=C(\C)C(O)(c1ccccc1)c1ccccc1)C(O)(c1ccccc1)c1ccccc1. The van der Waals surface area contributed by atoms with Crippen molar-refractivity contribution in [2.24, 2.45) is 0 Å². The summed E-state index contributed by atoms with van der Waals surface area (Å²) in [5.41, 5.74) is 0.264. The van der Waals surface area contributed by atoms with Gasteiger partial charge in [-0.05, 0) is 29.2 Å². The fraction of sp³-hybridized carbons (Fsp3) is 0.0968. The first-order valence-corrected chi connectivity index (χ1v) is 11.2. The Bertz CT molecular complexity index is 1170. The average molecular weight is 449 g/mol. The fourth-order valence-electron chi connectivity index (χ4n) is 4.16. The third-order valence-corrected chi connectivity index (χ3v) is 6.12. The van der Waals surface area contributed by atoms with Crippen LogP contribution in [0.2, 0.25) is 0 Å². The quantitative estimate of drug-likeness (QED) is 0.311. The van der Waals surface area contributed by atoms with Gasteiger partial charge in [0, 0.05) is 5.57 Å². The van der Waals surface area contributed by atoms with E-state index in [2.05, 4.69) is 6.58 Å². The monoisotopic (exact) mass is 448 g/mol. The van der Waals surface area contributed by atoms with E-state index in [1.54, 1.807) is 6.92 Å². The molecule has 0 aliphatic heterocycles. The van der Waals surface area contributed by atoms with Crippen molar-refractivity contribution in [2.75, 3.05) is 0 Å². The molecule has 0 radical (unpaired) electrons. The van der Waals surface area contributed by atoms with Crippen LogP contribution in [0.3, 0.4) is 0 Å². The van der Waals surface area contributed by atoms with Gasteiger partial charge < -0.3 is 14.9 Å². The van der Waals surface area contributed by atoms with Crippen LogP contribution in [0, 0.1) is 0 Å². The molecular weight excluding hydrogens is 420 g/mol. The molecule has 3 heteroatoms. The lowest BCUT2D eigenvalue weighted by Crippen LogP contribution is -2.31. The topological polar surface area (TPSA) is 49.7 Å². The van der Waals surface area contributed by atoms with Crippen molar-refractivity contribution in [1.29, 1.82) is 0 Å². The van der Waals surface area contributed by atoms with Crippen molar-refractivity contribution in [1.82, 2.24) is 0 Å². The van der Waals surface area contributed by atoms with Crippen LogP contribution in [0.1, 0.15) is 29.2 Å². The zero-order chi connectivity index (χ0) is 24.0. The third kappa shape index (κ3) is 4.32. The molecule has 0 fully saturated rings. The highest BCUT2D eigenvalue weighted by Gasteiger charge is 2.38. The standard InChI is InChI=1S/C31H28O3/c1-24(30(32,26-15-7-3-8-16-26)27-17-9-4-10-18-27)23-34-25(2)31(33,28-19-11-5-12-20-28)29-21-13-6-14-22-29/h3-23,32-33H,2H2,1H3/b24-23+. The fourth-order valence-corrected chi connectivity index (χ4v) is 4.16. The van der Waals surface area contributed by atoms with Gasteiger partial charge >= 0.3 is 0 Å². The van der Waals surface area contributed by atoms with Crippen molar-refractivity contribution < 1.29 is 14.9 Å². The van der Waals surface area contributed by atoms with E-state index in [1.165, 1.54) is 6.26 Å². The minimum absolute atomic E-state index is 0.132. The molecule has 34 heavy (non-hydrogen) atoms. The Balaban J connectivity index is 1.74. The van der Waals surface area contributed by atoms with E-state index in [0.29, 0.717) is 27.8 Å². The van der Waals surface area contributed by atoms with Crippen LogP contribution in [-0.2, 0) is 15.9 Å². The lowest BCUT2D eigenvalue weighted by atomic mass is 9.81. The van der Waals surface area contributed by atoms with Crippen molar-refractivity contribution in [3.05, 3.63) is 168 Å². The van der Waals surface area contributed by atoms with E-state index >= 15 is 0 Å². The van der Waals surface area contributed by atoms with E-state index in [4.69, 9.17) is 4.74 Å². The summed E-state index contributed by atoms with van der Waals surface area (Å²) in [7, 11) is 0. The van der Waals surface area contributed by atoms with Gasteiger partial charge in [0.2, 0.25) is 0 Å². The Morgan fingerprint density at radius 3 is 1.21 bits per heavy atom. The molecule has 2 N–H and O–H groups in total. The summed E-state index contributed by atoms with van der Waals surface area (Å²) in [6, 6.07) is 37.5. The summed E-state index contributed by atoms with van der Waals surface area (Å²) >= 11 is 0. The number of hydrogen-bond acceptors (Lipinski definition) is 3. The van der Waals surface area contributed by atoms with Gasteiger partial charge in [-0.1, -0.05) is 128 Å². The van der Waals surface area contributed by atoms with Crippen LogP contribution in [0.25, 0.3) is 0 Å². The molecule has 0 unspecified atom stereocenters. The first-order chi connectivity index (χ1) is 16.5. The predicted octanol–water partition coefficient (Wildman–Crippen LogP) is 6.29. The van der Waals surface area contributed by atoms with Gasteiger partial charge in [-0.3, -0.25) is 0 Å².